The van der Waals surface area contributed by atoms with Crippen LogP contribution in [0, 0.1) is 0 Å². The molecule has 0 radical (unpaired) electrons. The van der Waals surface area contributed by atoms with Gasteiger partial charge in [-0.3, -0.25) is 9.59 Å². The summed E-state index contributed by atoms with van der Waals surface area (Å²) in [4.78, 5) is 30.5. The normalized spacial score (nSPS) is 15.4. The molecule has 1 unspecified atom stereocenters. The van der Waals surface area contributed by atoms with Crippen molar-refractivity contribution in [1.29, 1.82) is 0 Å². The standard InChI is InChI=1S/C26H19N3O2/c30-25(20-15-14-17-8-4-5-11-19(17)16-20)29-24-26(31)27-22-13-7-6-12-21(22)23(28-24)18-9-2-1-3-10-18/h1-16,24H,(H,27,31)(H,29,30). The van der Waals surface area contributed by atoms with Crippen molar-refractivity contribution >= 4 is 34.0 Å². The first kappa shape index (κ1) is 18.8. The van der Waals surface area contributed by atoms with E-state index in [9.17, 15) is 9.59 Å². The molecule has 4 aromatic carbocycles. The van der Waals surface area contributed by atoms with Crippen molar-refractivity contribution in [2.75, 3.05) is 5.32 Å². The minimum absolute atomic E-state index is 0.354. The highest BCUT2D eigenvalue weighted by Crippen LogP contribution is 2.24. The second-order valence-electron chi connectivity index (χ2n) is 7.32. The number of nitrogens with zero attached hydrogens (tertiary/aromatic N) is 1. The highest BCUT2D eigenvalue weighted by atomic mass is 16.2. The molecule has 2 N–H and O–H groups in total. The van der Waals surface area contributed by atoms with E-state index in [1.807, 2.05) is 91.0 Å². The van der Waals surface area contributed by atoms with Crippen molar-refractivity contribution in [1.82, 2.24) is 5.32 Å². The van der Waals surface area contributed by atoms with Gasteiger partial charge in [-0.25, -0.2) is 4.99 Å². The molecule has 5 nitrogen and oxygen atoms in total. The number of benzodiazepines with no additional fused rings is 1. The quantitative estimate of drug-likeness (QED) is 0.531. The first-order chi connectivity index (χ1) is 15.2. The van der Waals surface area contributed by atoms with E-state index in [0.29, 0.717) is 17.0 Å². The lowest BCUT2D eigenvalue weighted by Gasteiger charge is -2.14. The van der Waals surface area contributed by atoms with Gasteiger partial charge in [0.15, 0.2) is 0 Å². The molecule has 5 rings (SSSR count). The van der Waals surface area contributed by atoms with Gasteiger partial charge in [-0.2, -0.15) is 0 Å². The van der Waals surface area contributed by atoms with Gasteiger partial charge in [-0.15, -0.1) is 0 Å². The molecule has 0 aromatic heterocycles. The number of para-hydroxylation sites is 1. The molecule has 1 heterocycles. The Hall–Kier alpha value is -4.25. The molecule has 150 valence electrons. The van der Waals surface area contributed by atoms with Crippen molar-refractivity contribution in [3.63, 3.8) is 0 Å². The summed E-state index contributed by atoms with van der Waals surface area (Å²) in [6.45, 7) is 0. The molecule has 0 spiro atoms. The van der Waals surface area contributed by atoms with Gasteiger partial charge in [0.1, 0.15) is 0 Å². The first-order valence-corrected chi connectivity index (χ1v) is 10.0. The third-order valence-corrected chi connectivity index (χ3v) is 5.27. The largest absolute Gasteiger partial charge is 0.322 e. The maximum atomic E-state index is 13.0. The highest BCUT2D eigenvalue weighted by molar-refractivity contribution is 6.20. The van der Waals surface area contributed by atoms with Crippen LogP contribution in [-0.4, -0.2) is 23.7 Å². The maximum Gasteiger partial charge on any atom is 0.269 e. The number of carbonyl (C=O) groups excluding carboxylic acids is 2. The SMILES string of the molecule is O=C(NC1N=C(c2ccccc2)c2ccccc2NC1=O)c1ccc2ccccc2c1. The van der Waals surface area contributed by atoms with E-state index in [0.717, 1.165) is 21.9 Å². The van der Waals surface area contributed by atoms with E-state index >= 15 is 0 Å². The van der Waals surface area contributed by atoms with Gasteiger partial charge in [0.25, 0.3) is 11.8 Å². The summed E-state index contributed by atoms with van der Waals surface area (Å²) in [6, 6.07) is 30.4. The number of hydrogen-bond acceptors (Lipinski definition) is 3. The zero-order valence-electron chi connectivity index (χ0n) is 16.6. The molecule has 0 saturated heterocycles. The van der Waals surface area contributed by atoms with Crippen molar-refractivity contribution < 1.29 is 9.59 Å². The molecule has 1 aliphatic heterocycles. The number of hydrogen-bond donors (Lipinski definition) is 2. The van der Waals surface area contributed by atoms with Gasteiger partial charge >= 0.3 is 0 Å². The Balaban J connectivity index is 1.52. The van der Waals surface area contributed by atoms with Crippen molar-refractivity contribution in [3.8, 4) is 0 Å². The van der Waals surface area contributed by atoms with E-state index in [2.05, 4.69) is 15.6 Å². The molecule has 5 heteroatoms. The molecular formula is C26H19N3O2. The summed E-state index contributed by atoms with van der Waals surface area (Å²) in [6.07, 6.45) is -1.05. The van der Waals surface area contributed by atoms with Crippen molar-refractivity contribution in [3.05, 3.63) is 114 Å². The van der Waals surface area contributed by atoms with Crippen LogP contribution in [0.1, 0.15) is 21.5 Å². The van der Waals surface area contributed by atoms with Crippen LogP contribution in [0.15, 0.2) is 102 Å². The summed E-state index contributed by atoms with van der Waals surface area (Å²) in [5.74, 6) is -0.736. The molecule has 0 aliphatic carbocycles. The fourth-order valence-corrected chi connectivity index (χ4v) is 3.72. The molecule has 1 atom stereocenters. The van der Waals surface area contributed by atoms with E-state index in [-0.39, 0.29) is 11.8 Å². The third kappa shape index (κ3) is 3.69. The fraction of sp³-hybridized carbons (Fsp3) is 0.0385. The number of rotatable bonds is 3. The monoisotopic (exact) mass is 405 g/mol. The third-order valence-electron chi connectivity index (χ3n) is 5.27. The van der Waals surface area contributed by atoms with Crippen LogP contribution >= 0.6 is 0 Å². The van der Waals surface area contributed by atoms with Crippen LogP contribution in [0.2, 0.25) is 0 Å². The first-order valence-electron chi connectivity index (χ1n) is 10.0. The average molecular weight is 405 g/mol. The lowest BCUT2D eigenvalue weighted by molar-refractivity contribution is -0.117. The van der Waals surface area contributed by atoms with E-state index in [1.165, 1.54) is 0 Å². The number of benzene rings is 4. The molecule has 31 heavy (non-hydrogen) atoms. The lowest BCUT2D eigenvalue weighted by atomic mass is 10.0. The Bertz CT molecular complexity index is 1330. The summed E-state index contributed by atoms with van der Waals surface area (Å²) >= 11 is 0. The molecule has 0 bridgehead atoms. The molecule has 0 fully saturated rings. The number of anilines is 1. The molecule has 2 amide bonds. The lowest BCUT2D eigenvalue weighted by Crippen LogP contribution is -2.42. The van der Waals surface area contributed by atoms with E-state index in [4.69, 9.17) is 0 Å². The second-order valence-corrected chi connectivity index (χ2v) is 7.32. The number of nitrogens with one attached hydrogen (secondary N) is 2. The van der Waals surface area contributed by atoms with Crippen LogP contribution in [0.5, 0.6) is 0 Å². The maximum absolute atomic E-state index is 13.0. The van der Waals surface area contributed by atoms with Gasteiger partial charge in [0.05, 0.1) is 11.4 Å². The van der Waals surface area contributed by atoms with Gasteiger partial charge in [0.2, 0.25) is 6.17 Å². The Kier molecular flexibility index (Phi) is 4.77. The zero-order chi connectivity index (χ0) is 21.2. The van der Waals surface area contributed by atoms with Crippen LogP contribution < -0.4 is 10.6 Å². The van der Waals surface area contributed by atoms with E-state index in [1.54, 1.807) is 6.07 Å². The predicted octanol–water partition coefficient (Wildman–Crippen LogP) is 4.39. The number of amides is 2. The van der Waals surface area contributed by atoms with Crippen LogP contribution in [0.25, 0.3) is 10.8 Å². The summed E-state index contributed by atoms with van der Waals surface area (Å²) in [7, 11) is 0. The number of fused-ring (bicyclic) bond motifs is 2. The van der Waals surface area contributed by atoms with Crippen molar-refractivity contribution in [2.24, 2.45) is 4.99 Å². The van der Waals surface area contributed by atoms with Crippen LogP contribution in [-0.2, 0) is 4.79 Å². The summed E-state index contributed by atoms with van der Waals surface area (Å²) in [5, 5.41) is 7.68. The zero-order valence-corrected chi connectivity index (χ0v) is 16.6. The topological polar surface area (TPSA) is 70.6 Å². The molecule has 1 aliphatic rings. The Labute approximate surface area is 179 Å². The second kappa shape index (κ2) is 7.88. The summed E-state index contributed by atoms with van der Waals surface area (Å²) < 4.78 is 0. The predicted molar refractivity (Wildman–Crippen MR) is 122 cm³/mol. The van der Waals surface area contributed by atoms with Crippen LogP contribution in [0.3, 0.4) is 0 Å². The fourth-order valence-electron chi connectivity index (χ4n) is 3.72. The van der Waals surface area contributed by atoms with Gasteiger partial charge in [-0.05, 0) is 29.0 Å². The van der Waals surface area contributed by atoms with Gasteiger partial charge in [-0.1, -0.05) is 78.9 Å². The highest BCUT2D eigenvalue weighted by Gasteiger charge is 2.27. The van der Waals surface area contributed by atoms with Crippen molar-refractivity contribution in [2.45, 2.75) is 6.17 Å². The van der Waals surface area contributed by atoms with Crippen LogP contribution in [0.4, 0.5) is 5.69 Å². The molecule has 0 saturated carbocycles. The molecular weight excluding hydrogens is 386 g/mol. The minimum Gasteiger partial charge on any atom is -0.322 e. The smallest absolute Gasteiger partial charge is 0.269 e. The number of carbonyl (C=O) groups is 2. The van der Waals surface area contributed by atoms with Gasteiger partial charge in [0, 0.05) is 16.7 Å². The van der Waals surface area contributed by atoms with Gasteiger partial charge < -0.3 is 10.6 Å². The Morgan fingerprint density at radius 3 is 2.35 bits per heavy atom. The molecule has 4 aromatic rings. The minimum atomic E-state index is -1.05. The Morgan fingerprint density at radius 2 is 1.52 bits per heavy atom. The average Bonchev–Trinajstić information content (AvgIpc) is 2.95. The Morgan fingerprint density at radius 1 is 0.806 bits per heavy atom. The number of aliphatic imine (C=N–C) groups is 1. The summed E-state index contributed by atoms with van der Waals surface area (Å²) in [5.41, 5.74) is 3.47. The van der Waals surface area contributed by atoms with E-state index < -0.39 is 6.17 Å².